The van der Waals surface area contributed by atoms with Crippen LogP contribution in [0.4, 0.5) is 0 Å². The van der Waals surface area contributed by atoms with E-state index in [1.165, 1.54) is 113 Å². The lowest BCUT2D eigenvalue weighted by atomic mass is 9.82. The molecule has 2 saturated carbocycles. The Morgan fingerprint density at radius 3 is 2.23 bits per heavy atom. The van der Waals surface area contributed by atoms with Crippen LogP contribution in [0.15, 0.2) is 48.5 Å². The van der Waals surface area contributed by atoms with Gasteiger partial charge in [0, 0.05) is 0 Å². The Morgan fingerprint density at radius 1 is 1.00 bits per heavy atom. The molecule has 190 valence electrons. The lowest BCUT2D eigenvalue weighted by Crippen LogP contribution is -3.15. The molecule has 1 unspecified atom stereocenters. The largest absolute Gasteiger partial charge is 0.872 e. The zero-order valence-corrected chi connectivity index (χ0v) is 21.6. The number of nitrogens with one attached hydrogen (secondary N) is 1. The topological polar surface area (TPSA) is 64.8 Å². The van der Waals surface area contributed by atoms with Crippen LogP contribution in [0.3, 0.4) is 0 Å². The Morgan fingerprint density at radius 2 is 1.66 bits per heavy atom. The van der Waals surface area contributed by atoms with Gasteiger partial charge in [0.2, 0.25) is 0 Å². The van der Waals surface area contributed by atoms with Crippen LogP contribution < -0.4 is 10.0 Å². The maximum atomic E-state index is 10.7. The molecule has 1 atom stereocenters. The summed E-state index contributed by atoms with van der Waals surface area (Å²) in [5.41, 5.74) is 4.32. The Balaban J connectivity index is 0.000000287. The third-order valence-electron chi connectivity index (χ3n) is 7.78. The predicted molar refractivity (Wildman–Crippen MR) is 142 cm³/mol. The minimum atomic E-state index is -1.18. The van der Waals surface area contributed by atoms with E-state index in [-0.39, 0.29) is 5.56 Å². The van der Waals surface area contributed by atoms with Crippen molar-refractivity contribution in [1.29, 1.82) is 0 Å². The molecule has 2 aliphatic rings. The summed E-state index contributed by atoms with van der Waals surface area (Å²) in [7, 11) is 0. The van der Waals surface area contributed by atoms with E-state index in [0.29, 0.717) is 0 Å². The highest BCUT2D eigenvalue weighted by Crippen LogP contribution is 2.34. The minimum Gasteiger partial charge on any atom is -0.872 e. The molecule has 0 saturated heterocycles. The van der Waals surface area contributed by atoms with Crippen LogP contribution in [0, 0.1) is 6.92 Å². The van der Waals surface area contributed by atoms with Gasteiger partial charge in [-0.2, -0.15) is 0 Å². The summed E-state index contributed by atoms with van der Waals surface area (Å²) < 4.78 is 0. The van der Waals surface area contributed by atoms with Gasteiger partial charge in [0.1, 0.15) is 0 Å². The molecule has 0 spiro atoms. The van der Waals surface area contributed by atoms with E-state index in [1.54, 1.807) is 10.5 Å². The molecule has 0 amide bonds. The highest BCUT2D eigenvalue weighted by Gasteiger charge is 2.22. The maximum Gasteiger partial charge on any atom is 0.335 e. The van der Waals surface area contributed by atoms with Crippen molar-refractivity contribution in [2.75, 3.05) is 13.1 Å². The monoisotopic (exact) mass is 477 g/mol. The molecule has 0 radical (unpaired) electrons. The molecule has 0 heterocycles. The molecule has 35 heavy (non-hydrogen) atoms. The van der Waals surface area contributed by atoms with Crippen molar-refractivity contribution in [3.8, 4) is 5.75 Å². The number of aryl methyl sites for hydroxylation is 1. The molecular weight excluding hydrogens is 434 g/mol. The first-order chi connectivity index (χ1) is 17.0. The van der Waals surface area contributed by atoms with Crippen molar-refractivity contribution in [2.45, 2.75) is 90.0 Å². The summed E-state index contributed by atoms with van der Waals surface area (Å²) in [6.45, 7) is 7.10. The van der Waals surface area contributed by atoms with Gasteiger partial charge in [0.25, 0.3) is 0 Å². The molecule has 4 heteroatoms. The standard InChI is InChI=1S/C24H37N.C7H6O3/c1-3-25(23-14-8-5-9-15-23)18-10-11-21-16-17-24(20(2)19-21)22-12-6-4-7-13-22;8-6-4-2-1-3-5(6)7(9)10/h10-11,16-17,19,22-23H,3-9,12-15,18H2,1-2H3;1-4,8H,(H,9,10)/b11-10-;. The normalized spacial score (nSPS) is 18.1. The quantitative estimate of drug-likeness (QED) is 0.533. The van der Waals surface area contributed by atoms with Crippen LogP contribution in [0.5, 0.6) is 5.75 Å². The molecule has 0 aliphatic heterocycles. The fraction of sp³-hybridized carbons (Fsp3) is 0.516. The number of carboxylic acids is 1. The average Bonchev–Trinajstić information content (AvgIpc) is 2.88. The van der Waals surface area contributed by atoms with Crippen molar-refractivity contribution in [1.82, 2.24) is 0 Å². The van der Waals surface area contributed by atoms with Gasteiger partial charge >= 0.3 is 5.97 Å². The first-order valence-electron chi connectivity index (χ1n) is 13.6. The Kier molecular flexibility index (Phi) is 10.9. The number of carbonyl (C=O) groups is 1. The smallest absolute Gasteiger partial charge is 0.335 e. The van der Waals surface area contributed by atoms with E-state index in [0.717, 1.165) is 12.0 Å². The summed E-state index contributed by atoms with van der Waals surface area (Å²) in [4.78, 5) is 12.0. The molecular formula is C31H43NO3. The Labute approximate surface area is 211 Å². The number of rotatable bonds is 7. The first kappa shape index (κ1) is 27.0. The van der Waals surface area contributed by atoms with Gasteiger partial charge in [-0.3, -0.25) is 0 Å². The molecule has 2 aliphatic carbocycles. The second-order valence-corrected chi connectivity index (χ2v) is 10.2. The van der Waals surface area contributed by atoms with E-state index < -0.39 is 11.7 Å². The molecule has 4 nitrogen and oxygen atoms in total. The van der Waals surface area contributed by atoms with Crippen molar-refractivity contribution in [2.24, 2.45) is 0 Å². The number of benzene rings is 2. The molecule has 2 fully saturated rings. The summed E-state index contributed by atoms with van der Waals surface area (Å²) in [5, 5.41) is 19.0. The number of hydrogen-bond donors (Lipinski definition) is 2. The predicted octanol–water partition coefficient (Wildman–Crippen LogP) is 5.75. The Bertz CT molecular complexity index is 955. The number of likely N-dealkylation sites (N-methyl/N-ethyl adjacent to an activating group) is 1. The second kappa shape index (κ2) is 14.1. The van der Waals surface area contributed by atoms with Crippen LogP contribution in [-0.4, -0.2) is 30.2 Å². The van der Waals surface area contributed by atoms with E-state index in [4.69, 9.17) is 5.11 Å². The van der Waals surface area contributed by atoms with E-state index in [1.807, 2.05) is 0 Å². The van der Waals surface area contributed by atoms with Crippen LogP contribution >= 0.6 is 0 Å². The third kappa shape index (κ3) is 8.24. The summed E-state index contributed by atoms with van der Waals surface area (Å²) in [6, 6.07) is 13.6. The molecule has 2 aromatic carbocycles. The van der Waals surface area contributed by atoms with E-state index >= 15 is 0 Å². The molecule has 0 aromatic heterocycles. The molecule has 0 bridgehead atoms. The number of aromatic carboxylic acids is 1. The second-order valence-electron chi connectivity index (χ2n) is 10.2. The molecule has 2 aromatic rings. The zero-order valence-electron chi connectivity index (χ0n) is 21.6. The van der Waals surface area contributed by atoms with Crippen molar-refractivity contribution in [3.05, 3.63) is 70.8 Å². The van der Waals surface area contributed by atoms with E-state index in [2.05, 4.69) is 44.2 Å². The zero-order chi connectivity index (χ0) is 25.0. The highest BCUT2D eigenvalue weighted by molar-refractivity contribution is 5.90. The first-order valence-corrected chi connectivity index (χ1v) is 13.6. The van der Waals surface area contributed by atoms with Gasteiger partial charge in [0.05, 0.1) is 24.7 Å². The van der Waals surface area contributed by atoms with Crippen LogP contribution in [0.25, 0.3) is 6.08 Å². The fourth-order valence-corrected chi connectivity index (χ4v) is 5.77. The number of carboxylic acid groups (broad SMARTS) is 1. The van der Waals surface area contributed by atoms with Gasteiger partial charge in [-0.15, -0.1) is 0 Å². The maximum absolute atomic E-state index is 10.7. The number of para-hydroxylation sites is 1. The van der Waals surface area contributed by atoms with E-state index in [9.17, 15) is 9.90 Å². The van der Waals surface area contributed by atoms with Gasteiger partial charge in [0.15, 0.2) is 0 Å². The lowest BCUT2D eigenvalue weighted by molar-refractivity contribution is -0.919. The van der Waals surface area contributed by atoms with Crippen LogP contribution in [-0.2, 0) is 0 Å². The fourth-order valence-electron chi connectivity index (χ4n) is 5.77. The minimum absolute atomic E-state index is 0.178. The Hall–Kier alpha value is -2.59. The van der Waals surface area contributed by atoms with Crippen LogP contribution in [0.2, 0.25) is 0 Å². The van der Waals surface area contributed by atoms with Gasteiger partial charge in [-0.1, -0.05) is 73.9 Å². The average molecular weight is 478 g/mol. The van der Waals surface area contributed by atoms with Gasteiger partial charge in [-0.05, 0) is 87.1 Å². The third-order valence-corrected chi connectivity index (χ3v) is 7.78. The highest BCUT2D eigenvalue weighted by atomic mass is 16.4. The number of quaternary nitrogens is 1. The SMILES string of the molecule is CC[NH+](C/C=C\c1ccc(C2CCCCC2)c(C)c1)C1CCCCC1.O=C(O)c1ccccc1[O-]. The number of hydrogen-bond acceptors (Lipinski definition) is 2. The van der Waals surface area contributed by atoms with Crippen molar-refractivity contribution in [3.63, 3.8) is 0 Å². The van der Waals surface area contributed by atoms with Crippen molar-refractivity contribution >= 4 is 12.0 Å². The van der Waals surface area contributed by atoms with Crippen molar-refractivity contribution < 1.29 is 19.9 Å². The van der Waals surface area contributed by atoms with Gasteiger partial charge in [-0.25, -0.2) is 4.79 Å². The lowest BCUT2D eigenvalue weighted by Gasteiger charge is -2.29. The molecule has 4 rings (SSSR count). The summed E-state index contributed by atoms with van der Waals surface area (Å²) >= 11 is 0. The van der Waals surface area contributed by atoms with Gasteiger partial charge < -0.3 is 15.1 Å². The summed E-state index contributed by atoms with van der Waals surface area (Å²) in [5.74, 6) is -0.807. The molecule has 2 N–H and O–H groups in total. The van der Waals surface area contributed by atoms with Crippen LogP contribution in [0.1, 0.15) is 104 Å². The summed E-state index contributed by atoms with van der Waals surface area (Å²) in [6.07, 6.45) is 19.1.